The summed E-state index contributed by atoms with van der Waals surface area (Å²) in [6.45, 7) is 1.08. The fourth-order valence-electron chi connectivity index (χ4n) is 3.88. The van der Waals surface area contributed by atoms with Crippen molar-refractivity contribution in [3.63, 3.8) is 0 Å². The van der Waals surface area contributed by atoms with Crippen molar-refractivity contribution in [2.75, 3.05) is 25.9 Å². The van der Waals surface area contributed by atoms with Crippen molar-refractivity contribution < 1.29 is 22.7 Å². The molecule has 1 amide bonds. The molecule has 0 aliphatic carbocycles. The van der Waals surface area contributed by atoms with Gasteiger partial charge in [0, 0.05) is 24.6 Å². The number of aromatic nitrogens is 3. The standard InChI is InChI=1S/C23H22F3N5O2/c1-33-21-17(14-2-4-16(5-3-14)23(24,25)26)6-7-19(28-21)22(32)31-12-10-15(11-13-31)18-8-9-20(27)30-29-18/h2-9,15H,10-13H2,1H3,(H2,27,30). The highest BCUT2D eigenvalue weighted by Crippen LogP contribution is 2.34. The Balaban J connectivity index is 1.47. The Morgan fingerprint density at radius 1 is 1.03 bits per heavy atom. The molecule has 2 aromatic heterocycles. The second kappa shape index (κ2) is 9.05. The number of rotatable bonds is 4. The first kappa shape index (κ1) is 22.5. The van der Waals surface area contributed by atoms with E-state index in [9.17, 15) is 18.0 Å². The van der Waals surface area contributed by atoms with Gasteiger partial charge in [-0.2, -0.15) is 18.3 Å². The van der Waals surface area contributed by atoms with E-state index < -0.39 is 11.7 Å². The third-order valence-electron chi connectivity index (χ3n) is 5.70. The van der Waals surface area contributed by atoms with E-state index >= 15 is 0 Å². The molecule has 0 bridgehead atoms. The first-order valence-corrected chi connectivity index (χ1v) is 10.4. The van der Waals surface area contributed by atoms with Gasteiger partial charge >= 0.3 is 6.18 Å². The zero-order valence-electron chi connectivity index (χ0n) is 17.8. The van der Waals surface area contributed by atoms with Crippen molar-refractivity contribution in [1.29, 1.82) is 0 Å². The minimum atomic E-state index is -4.41. The lowest BCUT2D eigenvalue weighted by molar-refractivity contribution is -0.137. The molecule has 172 valence electrons. The van der Waals surface area contributed by atoms with Crippen LogP contribution in [0.4, 0.5) is 19.0 Å². The lowest BCUT2D eigenvalue weighted by atomic mass is 9.93. The second-order valence-electron chi connectivity index (χ2n) is 7.78. The molecule has 1 aliphatic rings. The van der Waals surface area contributed by atoms with Gasteiger partial charge < -0.3 is 15.4 Å². The van der Waals surface area contributed by atoms with Crippen molar-refractivity contribution >= 4 is 11.7 Å². The van der Waals surface area contributed by atoms with Crippen LogP contribution >= 0.6 is 0 Å². The minimum Gasteiger partial charge on any atom is -0.481 e. The third-order valence-corrected chi connectivity index (χ3v) is 5.70. The molecular formula is C23H22F3N5O2. The van der Waals surface area contributed by atoms with Crippen LogP contribution < -0.4 is 10.5 Å². The first-order valence-electron chi connectivity index (χ1n) is 10.4. The molecule has 4 rings (SSSR count). The van der Waals surface area contributed by atoms with Gasteiger partial charge in [-0.3, -0.25) is 4.79 Å². The topological polar surface area (TPSA) is 94.2 Å². The maximum Gasteiger partial charge on any atom is 0.416 e. The summed E-state index contributed by atoms with van der Waals surface area (Å²) in [4.78, 5) is 19.0. The number of ether oxygens (including phenoxy) is 1. The Hall–Kier alpha value is -3.69. The van der Waals surface area contributed by atoms with Gasteiger partial charge in [0.2, 0.25) is 5.88 Å². The maximum absolute atomic E-state index is 13.0. The van der Waals surface area contributed by atoms with Crippen molar-refractivity contribution in [1.82, 2.24) is 20.1 Å². The van der Waals surface area contributed by atoms with Gasteiger partial charge in [-0.05, 0) is 54.8 Å². The number of methoxy groups -OCH3 is 1. The summed E-state index contributed by atoms with van der Waals surface area (Å²) < 4.78 is 43.8. The average Bonchev–Trinajstić information content (AvgIpc) is 2.83. The Morgan fingerprint density at radius 3 is 2.30 bits per heavy atom. The van der Waals surface area contributed by atoms with E-state index in [2.05, 4.69) is 15.2 Å². The van der Waals surface area contributed by atoms with Crippen LogP contribution in [0.25, 0.3) is 11.1 Å². The number of nitrogens with two attached hydrogens (primary N) is 1. The first-order chi connectivity index (χ1) is 15.8. The average molecular weight is 457 g/mol. The van der Waals surface area contributed by atoms with Gasteiger partial charge in [0.15, 0.2) is 0 Å². The van der Waals surface area contributed by atoms with Crippen LogP contribution in [0.15, 0.2) is 48.5 Å². The van der Waals surface area contributed by atoms with E-state index in [1.54, 1.807) is 23.1 Å². The van der Waals surface area contributed by atoms with Crippen LogP contribution in [0.3, 0.4) is 0 Å². The number of anilines is 1. The number of carbonyl (C=O) groups is 1. The molecule has 2 N–H and O–H groups in total. The summed E-state index contributed by atoms with van der Waals surface area (Å²) in [5.41, 5.74) is 6.94. The quantitative estimate of drug-likeness (QED) is 0.632. The smallest absolute Gasteiger partial charge is 0.416 e. The van der Waals surface area contributed by atoms with E-state index in [1.807, 2.05) is 6.07 Å². The molecule has 0 atom stereocenters. The van der Waals surface area contributed by atoms with Gasteiger partial charge in [0.1, 0.15) is 11.5 Å². The highest BCUT2D eigenvalue weighted by atomic mass is 19.4. The van der Waals surface area contributed by atoms with Gasteiger partial charge in [0.05, 0.1) is 18.4 Å². The number of hydrogen-bond donors (Lipinski definition) is 1. The minimum absolute atomic E-state index is 0.174. The maximum atomic E-state index is 13.0. The van der Waals surface area contributed by atoms with Gasteiger partial charge in [0.25, 0.3) is 5.91 Å². The van der Waals surface area contributed by atoms with E-state index in [1.165, 1.54) is 19.2 Å². The Bertz CT molecular complexity index is 1130. The normalized spacial score (nSPS) is 14.8. The number of pyridine rings is 1. The molecule has 1 aliphatic heterocycles. The zero-order valence-corrected chi connectivity index (χ0v) is 17.8. The molecule has 10 heteroatoms. The second-order valence-corrected chi connectivity index (χ2v) is 7.78. The highest BCUT2D eigenvalue weighted by molar-refractivity contribution is 5.93. The predicted octanol–water partition coefficient (Wildman–Crippen LogP) is 4.17. The van der Waals surface area contributed by atoms with Crippen LogP contribution in [0.5, 0.6) is 5.88 Å². The molecule has 1 saturated heterocycles. The van der Waals surface area contributed by atoms with Crippen molar-refractivity contribution in [2.24, 2.45) is 0 Å². The number of amides is 1. The molecule has 0 saturated carbocycles. The molecule has 0 radical (unpaired) electrons. The third kappa shape index (κ3) is 4.89. The fraction of sp³-hybridized carbons (Fsp3) is 0.304. The number of piperidine rings is 1. The van der Waals surface area contributed by atoms with E-state index in [0.29, 0.717) is 30.0 Å². The number of halogens is 3. The lowest BCUT2D eigenvalue weighted by Gasteiger charge is -2.31. The molecule has 1 aromatic carbocycles. The molecule has 3 aromatic rings. The predicted molar refractivity (Wildman–Crippen MR) is 116 cm³/mol. The SMILES string of the molecule is COc1nc(C(=O)N2CCC(c3ccc(N)nn3)CC2)ccc1-c1ccc(C(F)(F)F)cc1. The van der Waals surface area contributed by atoms with Crippen LogP contribution in [0.1, 0.15) is 40.5 Å². The van der Waals surface area contributed by atoms with Crippen LogP contribution in [-0.4, -0.2) is 46.2 Å². The van der Waals surface area contributed by atoms with E-state index in [-0.39, 0.29) is 23.4 Å². The molecule has 3 heterocycles. The number of hydrogen-bond acceptors (Lipinski definition) is 6. The van der Waals surface area contributed by atoms with Crippen LogP contribution in [-0.2, 0) is 6.18 Å². The molecule has 0 unspecified atom stereocenters. The van der Waals surface area contributed by atoms with Crippen molar-refractivity contribution in [3.05, 3.63) is 65.5 Å². The number of nitrogens with zero attached hydrogens (tertiary/aromatic N) is 4. The Kier molecular flexibility index (Phi) is 6.17. The Morgan fingerprint density at radius 2 is 1.73 bits per heavy atom. The summed E-state index contributed by atoms with van der Waals surface area (Å²) in [7, 11) is 1.41. The molecule has 7 nitrogen and oxygen atoms in total. The number of nitrogen functional groups attached to an aromatic ring is 1. The van der Waals surface area contributed by atoms with Crippen molar-refractivity contribution in [3.8, 4) is 17.0 Å². The fourth-order valence-corrected chi connectivity index (χ4v) is 3.88. The summed E-state index contributed by atoms with van der Waals surface area (Å²) in [5, 5.41) is 8.03. The van der Waals surface area contributed by atoms with Crippen LogP contribution in [0.2, 0.25) is 0 Å². The Labute approximate surface area is 188 Å². The molecule has 33 heavy (non-hydrogen) atoms. The summed E-state index contributed by atoms with van der Waals surface area (Å²) in [6, 6.07) is 11.5. The number of carbonyl (C=O) groups excluding carboxylic acids is 1. The van der Waals surface area contributed by atoms with E-state index in [4.69, 9.17) is 10.5 Å². The molecule has 1 fully saturated rings. The molecular weight excluding hydrogens is 435 g/mol. The van der Waals surface area contributed by atoms with E-state index in [0.717, 1.165) is 30.7 Å². The largest absolute Gasteiger partial charge is 0.481 e. The highest BCUT2D eigenvalue weighted by Gasteiger charge is 2.30. The molecule has 0 spiro atoms. The monoisotopic (exact) mass is 457 g/mol. The zero-order chi connectivity index (χ0) is 23.6. The van der Waals surface area contributed by atoms with Crippen LogP contribution in [0, 0.1) is 0 Å². The lowest BCUT2D eigenvalue weighted by Crippen LogP contribution is -2.38. The van der Waals surface area contributed by atoms with Crippen molar-refractivity contribution in [2.45, 2.75) is 24.9 Å². The van der Waals surface area contributed by atoms with Gasteiger partial charge in [-0.25, -0.2) is 4.98 Å². The summed E-state index contributed by atoms with van der Waals surface area (Å²) in [6.07, 6.45) is -2.93. The number of likely N-dealkylation sites (tertiary alicyclic amines) is 1. The number of benzene rings is 1. The van der Waals surface area contributed by atoms with Gasteiger partial charge in [-0.1, -0.05) is 12.1 Å². The summed E-state index contributed by atoms with van der Waals surface area (Å²) >= 11 is 0. The van der Waals surface area contributed by atoms with Gasteiger partial charge in [-0.15, -0.1) is 5.10 Å². The summed E-state index contributed by atoms with van der Waals surface area (Å²) in [5.74, 6) is 0.513. The number of alkyl halides is 3.